The minimum absolute atomic E-state index is 0.280. The number of nitrogens with one attached hydrogen (secondary N) is 1. The van der Waals surface area contributed by atoms with E-state index < -0.39 is 16.4 Å². The molecule has 1 amide bonds. The maximum absolute atomic E-state index is 12.1. The number of benzene rings is 2. The molecule has 1 atom stereocenters. The Morgan fingerprint density at radius 1 is 1.38 bits per heavy atom. The zero-order valence-electron chi connectivity index (χ0n) is 14.4. The smallest absolute Gasteiger partial charge is 0.311 e. The fourth-order valence-corrected chi connectivity index (χ4v) is 2.29. The highest BCUT2D eigenvalue weighted by Crippen LogP contribution is 2.25. The fraction of sp³-hybridized carbons (Fsp3) is 0.222. The number of amides is 1. The molecule has 26 heavy (non-hydrogen) atoms. The van der Waals surface area contributed by atoms with Gasteiger partial charge in [-0.25, -0.2) is 5.43 Å². The summed E-state index contributed by atoms with van der Waals surface area (Å²) in [6.07, 6.45) is 1.80. The van der Waals surface area contributed by atoms with Gasteiger partial charge in [0, 0.05) is 17.5 Å². The fourth-order valence-electron chi connectivity index (χ4n) is 2.29. The lowest BCUT2D eigenvalue weighted by Gasteiger charge is -2.10. The largest absolute Gasteiger partial charge is 0.502 e. The second-order valence-electron chi connectivity index (χ2n) is 5.70. The lowest BCUT2D eigenvalue weighted by molar-refractivity contribution is -0.385. The van der Waals surface area contributed by atoms with Crippen LogP contribution in [0.4, 0.5) is 5.69 Å². The average Bonchev–Trinajstić information content (AvgIpc) is 2.62. The zero-order valence-corrected chi connectivity index (χ0v) is 14.4. The number of phenolic OH excluding ortho intramolecular Hbond substituents is 1. The summed E-state index contributed by atoms with van der Waals surface area (Å²) in [6, 6.07) is 11.3. The van der Waals surface area contributed by atoms with Crippen LogP contribution >= 0.6 is 0 Å². The van der Waals surface area contributed by atoms with Gasteiger partial charge in [-0.3, -0.25) is 14.9 Å². The highest BCUT2D eigenvalue weighted by atomic mass is 16.6. The monoisotopic (exact) mass is 357 g/mol. The summed E-state index contributed by atoms with van der Waals surface area (Å²) in [5, 5.41) is 24.0. The summed E-state index contributed by atoms with van der Waals surface area (Å²) in [6.45, 7) is 1.77. The third-order valence-electron chi connectivity index (χ3n) is 3.71. The van der Waals surface area contributed by atoms with Crippen LogP contribution in [0, 0.1) is 16.0 Å². The average molecular weight is 357 g/mol. The lowest BCUT2D eigenvalue weighted by atomic mass is 10.0. The normalized spacial score (nSPS) is 11.9. The molecule has 0 aliphatic carbocycles. The molecular formula is C18H19N3O5. The van der Waals surface area contributed by atoms with Crippen molar-refractivity contribution in [2.75, 3.05) is 7.11 Å². The highest BCUT2D eigenvalue weighted by molar-refractivity contribution is 5.84. The molecule has 0 heterocycles. The van der Waals surface area contributed by atoms with Crippen molar-refractivity contribution in [1.82, 2.24) is 5.43 Å². The molecule has 0 aliphatic heterocycles. The molecule has 136 valence electrons. The first-order chi connectivity index (χ1) is 12.4. The predicted molar refractivity (Wildman–Crippen MR) is 96.4 cm³/mol. The van der Waals surface area contributed by atoms with Crippen molar-refractivity contribution in [2.24, 2.45) is 11.0 Å². The van der Waals surface area contributed by atoms with Crippen molar-refractivity contribution in [3.05, 3.63) is 63.7 Å². The molecule has 0 saturated heterocycles. The summed E-state index contributed by atoms with van der Waals surface area (Å²) in [5.41, 5.74) is 3.33. The van der Waals surface area contributed by atoms with Crippen LogP contribution in [0.25, 0.3) is 0 Å². The van der Waals surface area contributed by atoms with Gasteiger partial charge in [-0.15, -0.1) is 0 Å². The Labute approximate surface area is 150 Å². The third kappa shape index (κ3) is 5.04. The van der Waals surface area contributed by atoms with E-state index in [1.165, 1.54) is 24.4 Å². The number of aromatic hydroxyl groups is 1. The van der Waals surface area contributed by atoms with Crippen LogP contribution in [-0.4, -0.2) is 29.3 Å². The quantitative estimate of drug-likeness (QED) is 0.449. The van der Waals surface area contributed by atoms with Gasteiger partial charge in [-0.05, 0) is 36.2 Å². The van der Waals surface area contributed by atoms with Crippen molar-refractivity contribution < 1.29 is 19.6 Å². The summed E-state index contributed by atoms with van der Waals surface area (Å²) in [5.74, 6) is -0.309. The molecule has 0 unspecified atom stereocenters. The first kappa shape index (κ1) is 18.9. The predicted octanol–water partition coefficient (Wildman–Crippen LogP) is 2.64. The minimum atomic E-state index is -0.693. The van der Waals surface area contributed by atoms with Crippen LogP contribution in [-0.2, 0) is 11.2 Å². The minimum Gasteiger partial charge on any atom is -0.502 e. The van der Waals surface area contributed by atoms with Gasteiger partial charge in [0.1, 0.15) is 5.75 Å². The van der Waals surface area contributed by atoms with E-state index in [0.717, 1.165) is 11.3 Å². The molecule has 8 heteroatoms. The third-order valence-corrected chi connectivity index (χ3v) is 3.71. The Hall–Kier alpha value is -3.42. The van der Waals surface area contributed by atoms with Crippen molar-refractivity contribution in [1.29, 1.82) is 0 Å². The van der Waals surface area contributed by atoms with E-state index in [0.29, 0.717) is 12.0 Å². The molecule has 2 aromatic carbocycles. The molecule has 0 radical (unpaired) electrons. The Balaban J connectivity index is 1.95. The number of hydrogen-bond donors (Lipinski definition) is 2. The molecule has 0 aliphatic rings. The van der Waals surface area contributed by atoms with Gasteiger partial charge in [-0.1, -0.05) is 19.1 Å². The number of methoxy groups -OCH3 is 1. The number of hydrazone groups is 1. The number of nitrogens with zero attached hydrogens (tertiary/aromatic N) is 2. The standard InChI is InChI=1S/C18H19N3O5/c1-12(8-13-4-3-5-15(9-13)26-2)18(23)20-19-11-14-6-7-17(22)16(10-14)21(24)25/h3-7,9-12,22H,8H2,1-2H3,(H,20,23)/b19-11-/t12-/m1/s1. The van der Waals surface area contributed by atoms with Crippen molar-refractivity contribution in [2.45, 2.75) is 13.3 Å². The Morgan fingerprint density at radius 2 is 2.15 bits per heavy atom. The number of nitro benzene ring substituents is 1. The number of hydrogen-bond acceptors (Lipinski definition) is 6. The maximum atomic E-state index is 12.1. The summed E-state index contributed by atoms with van der Waals surface area (Å²) in [7, 11) is 1.58. The van der Waals surface area contributed by atoms with Crippen LogP contribution in [0.15, 0.2) is 47.6 Å². The van der Waals surface area contributed by atoms with E-state index in [9.17, 15) is 20.0 Å². The topological polar surface area (TPSA) is 114 Å². The van der Waals surface area contributed by atoms with Crippen molar-refractivity contribution >= 4 is 17.8 Å². The van der Waals surface area contributed by atoms with Gasteiger partial charge in [0.25, 0.3) is 0 Å². The second kappa shape index (κ2) is 8.61. The van der Waals surface area contributed by atoms with Gasteiger partial charge in [-0.2, -0.15) is 5.10 Å². The Kier molecular flexibility index (Phi) is 6.26. The SMILES string of the molecule is COc1cccc(C[C@@H](C)C(=O)N/N=C\c2ccc(O)c([N+](=O)[O-])c2)c1. The Bertz CT molecular complexity index is 835. The van der Waals surface area contributed by atoms with Crippen LogP contribution in [0.1, 0.15) is 18.1 Å². The van der Waals surface area contributed by atoms with Gasteiger partial charge < -0.3 is 9.84 Å². The van der Waals surface area contributed by atoms with Gasteiger partial charge in [0.15, 0.2) is 5.75 Å². The number of nitro groups is 1. The van der Waals surface area contributed by atoms with Crippen LogP contribution in [0.5, 0.6) is 11.5 Å². The van der Waals surface area contributed by atoms with E-state index >= 15 is 0 Å². The van der Waals surface area contributed by atoms with Crippen LogP contribution in [0.3, 0.4) is 0 Å². The molecular weight excluding hydrogens is 338 g/mol. The second-order valence-corrected chi connectivity index (χ2v) is 5.70. The van der Waals surface area contributed by atoms with Gasteiger partial charge >= 0.3 is 5.69 Å². The highest BCUT2D eigenvalue weighted by Gasteiger charge is 2.14. The number of rotatable bonds is 7. The lowest BCUT2D eigenvalue weighted by Crippen LogP contribution is -2.26. The molecule has 0 fully saturated rings. The molecule has 0 bridgehead atoms. The van der Waals surface area contributed by atoms with Gasteiger partial charge in [0.05, 0.1) is 18.2 Å². The molecule has 0 aromatic heterocycles. The molecule has 0 spiro atoms. The Morgan fingerprint density at radius 3 is 2.85 bits per heavy atom. The van der Waals surface area contributed by atoms with E-state index in [-0.39, 0.29) is 11.8 Å². The summed E-state index contributed by atoms with van der Waals surface area (Å²) in [4.78, 5) is 22.2. The molecule has 2 N–H and O–H groups in total. The van der Waals surface area contributed by atoms with E-state index in [4.69, 9.17) is 4.74 Å². The van der Waals surface area contributed by atoms with Crippen molar-refractivity contribution in [3.8, 4) is 11.5 Å². The number of carbonyl (C=O) groups is 1. The first-order valence-electron chi connectivity index (χ1n) is 7.84. The molecule has 2 rings (SSSR count). The van der Waals surface area contributed by atoms with E-state index in [2.05, 4.69) is 10.5 Å². The number of phenols is 1. The van der Waals surface area contributed by atoms with E-state index in [1.807, 2.05) is 24.3 Å². The zero-order chi connectivity index (χ0) is 19.1. The molecule has 8 nitrogen and oxygen atoms in total. The summed E-state index contributed by atoms with van der Waals surface area (Å²) >= 11 is 0. The molecule has 2 aromatic rings. The summed E-state index contributed by atoms with van der Waals surface area (Å²) < 4.78 is 5.16. The molecule has 0 saturated carbocycles. The number of carbonyl (C=O) groups excluding carboxylic acids is 1. The maximum Gasteiger partial charge on any atom is 0.311 e. The van der Waals surface area contributed by atoms with Gasteiger partial charge in [0.2, 0.25) is 5.91 Å². The van der Waals surface area contributed by atoms with Crippen molar-refractivity contribution in [3.63, 3.8) is 0 Å². The van der Waals surface area contributed by atoms with Crippen LogP contribution < -0.4 is 10.2 Å². The van der Waals surface area contributed by atoms with Crippen LogP contribution in [0.2, 0.25) is 0 Å². The van der Waals surface area contributed by atoms with E-state index in [1.54, 1.807) is 14.0 Å². The number of ether oxygens (including phenoxy) is 1. The first-order valence-corrected chi connectivity index (χ1v) is 7.84.